The van der Waals surface area contributed by atoms with Crippen molar-refractivity contribution in [3.05, 3.63) is 93.8 Å². The van der Waals surface area contributed by atoms with Gasteiger partial charge in [-0.1, -0.05) is 50.1 Å². The molecule has 0 nitrogen and oxygen atoms in total. The minimum atomic E-state index is -1.59. The molecule has 1 aliphatic rings. The number of hydrogen-bond donors (Lipinski definition) is 0. The highest BCUT2D eigenvalue weighted by Crippen LogP contribution is 2.37. The van der Waals surface area contributed by atoms with Gasteiger partial charge in [0.2, 0.25) is 0 Å². The molecule has 0 heterocycles. The normalized spacial score (nSPS) is 13.1. The SMILES string of the molecule is CCCCCc1ccc(C2=Cc3ccc(-c4cc(F)c(F)c(F)c4)c(F)c3CC2)c(F)c1. The monoisotopic (exact) mass is 442 g/mol. The lowest BCUT2D eigenvalue weighted by molar-refractivity contribution is 0.447. The zero-order valence-corrected chi connectivity index (χ0v) is 17.8. The summed E-state index contributed by atoms with van der Waals surface area (Å²) in [4.78, 5) is 0. The molecule has 0 N–H and O–H groups in total. The quantitative estimate of drug-likeness (QED) is 0.205. The highest BCUT2D eigenvalue weighted by molar-refractivity contribution is 5.85. The predicted molar refractivity (Wildman–Crippen MR) is 118 cm³/mol. The molecule has 166 valence electrons. The Morgan fingerprint density at radius 2 is 1.44 bits per heavy atom. The minimum absolute atomic E-state index is 0.000938. The van der Waals surface area contributed by atoms with Gasteiger partial charge in [0, 0.05) is 11.1 Å². The predicted octanol–water partition coefficient (Wildman–Crippen LogP) is 8.27. The molecule has 5 heteroatoms. The van der Waals surface area contributed by atoms with Crippen LogP contribution in [0, 0.1) is 29.1 Å². The van der Waals surface area contributed by atoms with Crippen LogP contribution in [0.1, 0.15) is 54.9 Å². The van der Waals surface area contributed by atoms with Crippen molar-refractivity contribution in [2.75, 3.05) is 0 Å². The molecular weight excluding hydrogens is 419 g/mol. The molecule has 32 heavy (non-hydrogen) atoms. The van der Waals surface area contributed by atoms with Crippen LogP contribution in [0.3, 0.4) is 0 Å². The summed E-state index contributed by atoms with van der Waals surface area (Å²) in [7, 11) is 0. The maximum absolute atomic E-state index is 15.2. The van der Waals surface area contributed by atoms with Crippen LogP contribution in [0.5, 0.6) is 0 Å². The van der Waals surface area contributed by atoms with Crippen LogP contribution in [0.4, 0.5) is 22.0 Å². The fourth-order valence-corrected chi connectivity index (χ4v) is 4.25. The van der Waals surface area contributed by atoms with E-state index in [4.69, 9.17) is 0 Å². The van der Waals surface area contributed by atoms with Crippen LogP contribution in [-0.4, -0.2) is 0 Å². The van der Waals surface area contributed by atoms with Gasteiger partial charge < -0.3 is 0 Å². The van der Waals surface area contributed by atoms with Gasteiger partial charge in [-0.15, -0.1) is 0 Å². The maximum atomic E-state index is 15.2. The van der Waals surface area contributed by atoms with Crippen LogP contribution in [0.2, 0.25) is 0 Å². The Morgan fingerprint density at radius 3 is 2.12 bits per heavy atom. The third kappa shape index (κ3) is 4.34. The van der Waals surface area contributed by atoms with Gasteiger partial charge in [0.25, 0.3) is 0 Å². The third-order valence-corrected chi connectivity index (χ3v) is 6.00. The van der Waals surface area contributed by atoms with Gasteiger partial charge in [-0.3, -0.25) is 0 Å². The van der Waals surface area contributed by atoms with E-state index in [1.807, 2.05) is 6.07 Å². The second kappa shape index (κ2) is 9.27. The first-order chi connectivity index (χ1) is 15.4. The van der Waals surface area contributed by atoms with E-state index in [9.17, 15) is 17.6 Å². The number of unbranched alkanes of at least 4 members (excludes halogenated alkanes) is 2. The molecule has 0 aromatic heterocycles. The molecule has 0 aliphatic heterocycles. The third-order valence-electron chi connectivity index (χ3n) is 6.00. The number of rotatable bonds is 6. The molecule has 0 saturated carbocycles. The largest absolute Gasteiger partial charge is 0.206 e. The summed E-state index contributed by atoms with van der Waals surface area (Å²) in [6, 6.07) is 9.90. The average molecular weight is 442 g/mol. The standard InChI is InChI=1S/C27H23F5/c1-2-3-4-5-16-6-9-20(23(28)12-16)17-7-10-21-18(13-17)8-11-22(26(21)31)19-14-24(29)27(32)25(30)15-19/h6,8-9,11-15H,2-5,7,10H2,1H3. The summed E-state index contributed by atoms with van der Waals surface area (Å²) in [6.07, 6.45) is 6.59. The van der Waals surface area contributed by atoms with Crippen LogP contribution < -0.4 is 0 Å². The van der Waals surface area contributed by atoms with E-state index in [2.05, 4.69) is 6.92 Å². The molecule has 0 unspecified atom stereocenters. The Kier molecular flexibility index (Phi) is 6.45. The van der Waals surface area contributed by atoms with E-state index in [0.717, 1.165) is 49.0 Å². The van der Waals surface area contributed by atoms with Gasteiger partial charge in [0.1, 0.15) is 11.6 Å². The molecule has 4 rings (SSSR count). The molecule has 0 atom stereocenters. The summed E-state index contributed by atoms with van der Waals surface area (Å²) in [5.41, 5.74) is 3.17. The highest BCUT2D eigenvalue weighted by Gasteiger charge is 2.21. The van der Waals surface area contributed by atoms with Gasteiger partial charge in [-0.2, -0.15) is 0 Å². The topological polar surface area (TPSA) is 0 Å². The smallest absolute Gasteiger partial charge is 0.194 e. The molecule has 3 aromatic rings. The first-order valence-corrected chi connectivity index (χ1v) is 10.8. The summed E-state index contributed by atoms with van der Waals surface area (Å²) in [5, 5.41) is 0. The van der Waals surface area contributed by atoms with Crippen LogP contribution >= 0.6 is 0 Å². The molecule has 0 fully saturated rings. The molecule has 0 amide bonds. The van der Waals surface area contributed by atoms with E-state index in [1.165, 1.54) is 6.07 Å². The second-order valence-electron chi connectivity index (χ2n) is 8.19. The highest BCUT2D eigenvalue weighted by atomic mass is 19.2. The Morgan fingerprint density at radius 1 is 0.719 bits per heavy atom. The van der Waals surface area contributed by atoms with E-state index in [1.54, 1.807) is 24.3 Å². The second-order valence-corrected chi connectivity index (χ2v) is 8.19. The van der Waals surface area contributed by atoms with Crippen molar-refractivity contribution in [3.8, 4) is 11.1 Å². The van der Waals surface area contributed by atoms with Gasteiger partial charge in [0.15, 0.2) is 17.5 Å². The first-order valence-electron chi connectivity index (χ1n) is 10.8. The Hall–Kier alpha value is -2.95. The molecule has 3 aromatic carbocycles. The number of hydrogen-bond acceptors (Lipinski definition) is 0. The summed E-state index contributed by atoms with van der Waals surface area (Å²) in [5.74, 6) is -5.21. The fraction of sp³-hybridized carbons (Fsp3) is 0.259. The Balaban J connectivity index is 1.65. The van der Waals surface area contributed by atoms with Crippen molar-refractivity contribution in [1.82, 2.24) is 0 Å². The number of halogens is 5. The molecular formula is C27H23F5. The van der Waals surface area contributed by atoms with E-state index in [-0.39, 0.29) is 16.9 Å². The van der Waals surface area contributed by atoms with Crippen LogP contribution in [0.25, 0.3) is 22.8 Å². The van der Waals surface area contributed by atoms with Gasteiger partial charge in [-0.25, -0.2) is 22.0 Å². The van der Waals surface area contributed by atoms with E-state index >= 15 is 4.39 Å². The Labute approximate surface area is 184 Å². The number of fused-ring (bicyclic) bond motifs is 1. The summed E-state index contributed by atoms with van der Waals surface area (Å²) >= 11 is 0. The van der Waals surface area contributed by atoms with E-state index in [0.29, 0.717) is 29.5 Å². The number of aryl methyl sites for hydroxylation is 1. The number of allylic oxidation sites excluding steroid dienone is 1. The van der Waals surface area contributed by atoms with Gasteiger partial charge in [-0.05, 0) is 71.7 Å². The lowest BCUT2D eigenvalue weighted by Gasteiger charge is -2.20. The van der Waals surface area contributed by atoms with Crippen LogP contribution in [0.15, 0.2) is 42.5 Å². The van der Waals surface area contributed by atoms with Crippen LogP contribution in [-0.2, 0) is 12.8 Å². The molecule has 0 saturated heterocycles. The zero-order chi connectivity index (χ0) is 22.8. The minimum Gasteiger partial charge on any atom is -0.206 e. The summed E-state index contributed by atoms with van der Waals surface area (Å²) in [6.45, 7) is 2.12. The van der Waals surface area contributed by atoms with E-state index < -0.39 is 23.3 Å². The van der Waals surface area contributed by atoms with Crippen molar-refractivity contribution in [3.63, 3.8) is 0 Å². The lowest BCUT2D eigenvalue weighted by atomic mass is 9.86. The average Bonchev–Trinajstić information content (AvgIpc) is 2.77. The molecule has 0 bridgehead atoms. The van der Waals surface area contributed by atoms with Crippen molar-refractivity contribution in [2.24, 2.45) is 0 Å². The fourth-order valence-electron chi connectivity index (χ4n) is 4.25. The van der Waals surface area contributed by atoms with Crippen molar-refractivity contribution in [2.45, 2.75) is 45.4 Å². The molecule has 0 spiro atoms. The Bertz CT molecular complexity index is 1170. The number of benzene rings is 3. The van der Waals surface area contributed by atoms with Crippen molar-refractivity contribution < 1.29 is 22.0 Å². The van der Waals surface area contributed by atoms with Gasteiger partial charge in [0.05, 0.1) is 0 Å². The maximum Gasteiger partial charge on any atom is 0.194 e. The van der Waals surface area contributed by atoms with Gasteiger partial charge >= 0.3 is 0 Å². The van der Waals surface area contributed by atoms with Crippen molar-refractivity contribution >= 4 is 11.6 Å². The zero-order valence-electron chi connectivity index (χ0n) is 17.8. The first kappa shape index (κ1) is 22.3. The lowest BCUT2D eigenvalue weighted by Crippen LogP contribution is -2.05. The van der Waals surface area contributed by atoms with Crippen molar-refractivity contribution in [1.29, 1.82) is 0 Å². The molecule has 1 aliphatic carbocycles. The molecule has 0 radical (unpaired) electrons. The summed E-state index contributed by atoms with van der Waals surface area (Å²) < 4.78 is 70.4.